The monoisotopic (exact) mass is 351 g/mol. The molecule has 7 heteroatoms. The fourth-order valence-corrected chi connectivity index (χ4v) is 2.65. The number of hydrogen-bond donors (Lipinski definition) is 2. The Kier molecular flexibility index (Phi) is 4.97. The molecular weight excluding hydrogens is 330 g/mol. The van der Waals surface area contributed by atoms with E-state index in [1.807, 2.05) is 24.3 Å². The van der Waals surface area contributed by atoms with Crippen molar-refractivity contribution in [1.82, 2.24) is 20.0 Å². The second-order valence-electron chi connectivity index (χ2n) is 6.22. The fourth-order valence-electron chi connectivity index (χ4n) is 2.65. The van der Waals surface area contributed by atoms with Gasteiger partial charge in [-0.25, -0.2) is 9.78 Å². The molecule has 0 aliphatic carbocycles. The van der Waals surface area contributed by atoms with E-state index in [4.69, 9.17) is 0 Å². The van der Waals surface area contributed by atoms with E-state index in [2.05, 4.69) is 34.5 Å². The van der Waals surface area contributed by atoms with Gasteiger partial charge in [0.05, 0.1) is 17.5 Å². The Morgan fingerprint density at radius 3 is 2.58 bits per heavy atom. The zero-order chi connectivity index (χ0) is 18.7. The SMILES string of the molecule is CCC(C)c1ccc(NC(=O)c2cnn(-c3ccc(=O)[nH]n3)c2C)cc1. The third kappa shape index (κ3) is 3.56. The number of H-pyrrole nitrogens is 1. The molecule has 7 nitrogen and oxygen atoms in total. The van der Waals surface area contributed by atoms with Crippen LogP contribution in [0, 0.1) is 6.92 Å². The van der Waals surface area contributed by atoms with Crippen LogP contribution in [0.5, 0.6) is 0 Å². The van der Waals surface area contributed by atoms with Crippen LogP contribution >= 0.6 is 0 Å². The van der Waals surface area contributed by atoms with E-state index in [1.54, 1.807) is 13.0 Å². The van der Waals surface area contributed by atoms with E-state index in [-0.39, 0.29) is 11.5 Å². The average molecular weight is 351 g/mol. The number of carbonyl (C=O) groups excluding carboxylic acids is 1. The second kappa shape index (κ2) is 7.35. The number of aromatic nitrogens is 4. The molecule has 134 valence electrons. The minimum absolute atomic E-state index is 0.241. The molecule has 3 rings (SSSR count). The van der Waals surface area contributed by atoms with Gasteiger partial charge in [0.2, 0.25) is 0 Å². The van der Waals surface area contributed by atoms with E-state index in [9.17, 15) is 9.59 Å². The second-order valence-corrected chi connectivity index (χ2v) is 6.22. The van der Waals surface area contributed by atoms with Crippen LogP contribution < -0.4 is 10.9 Å². The summed E-state index contributed by atoms with van der Waals surface area (Å²) in [5, 5.41) is 13.4. The van der Waals surface area contributed by atoms with Crippen LogP contribution in [0.4, 0.5) is 5.69 Å². The van der Waals surface area contributed by atoms with Gasteiger partial charge in [-0.15, -0.1) is 0 Å². The van der Waals surface area contributed by atoms with Crippen molar-refractivity contribution in [3.63, 3.8) is 0 Å². The van der Waals surface area contributed by atoms with Gasteiger partial charge in [-0.05, 0) is 43.0 Å². The minimum atomic E-state index is -0.294. The lowest BCUT2D eigenvalue weighted by molar-refractivity contribution is 0.102. The first kappa shape index (κ1) is 17.6. The number of rotatable bonds is 5. The summed E-state index contributed by atoms with van der Waals surface area (Å²) in [6.07, 6.45) is 2.56. The van der Waals surface area contributed by atoms with Crippen molar-refractivity contribution >= 4 is 11.6 Å². The Labute approximate surface area is 151 Å². The van der Waals surface area contributed by atoms with Crippen LogP contribution in [0.15, 0.2) is 47.4 Å². The predicted molar refractivity (Wildman–Crippen MR) is 99.8 cm³/mol. The summed E-state index contributed by atoms with van der Waals surface area (Å²) in [4.78, 5) is 23.7. The van der Waals surface area contributed by atoms with Crippen LogP contribution in [0.2, 0.25) is 0 Å². The topological polar surface area (TPSA) is 92.7 Å². The van der Waals surface area contributed by atoms with Gasteiger partial charge in [0.25, 0.3) is 11.5 Å². The van der Waals surface area contributed by atoms with Gasteiger partial charge in [0, 0.05) is 11.8 Å². The Morgan fingerprint density at radius 2 is 1.96 bits per heavy atom. The van der Waals surface area contributed by atoms with Gasteiger partial charge in [0.15, 0.2) is 5.82 Å². The molecule has 0 bridgehead atoms. The largest absolute Gasteiger partial charge is 0.322 e. The predicted octanol–water partition coefficient (Wildman–Crippen LogP) is 3.03. The molecule has 1 amide bonds. The zero-order valence-corrected chi connectivity index (χ0v) is 15.0. The number of amides is 1. The molecule has 2 aromatic heterocycles. The van der Waals surface area contributed by atoms with E-state index in [0.29, 0.717) is 23.0 Å². The molecule has 1 unspecified atom stereocenters. The molecule has 0 fully saturated rings. The van der Waals surface area contributed by atoms with Crippen LogP contribution in [-0.2, 0) is 0 Å². The lowest BCUT2D eigenvalue weighted by Crippen LogP contribution is -2.14. The number of anilines is 1. The molecular formula is C19H21N5O2. The highest BCUT2D eigenvalue weighted by Crippen LogP contribution is 2.21. The normalized spacial score (nSPS) is 12.0. The molecule has 2 heterocycles. The van der Waals surface area contributed by atoms with Gasteiger partial charge in [-0.1, -0.05) is 26.0 Å². The smallest absolute Gasteiger partial charge is 0.264 e. The van der Waals surface area contributed by atoms with Crippen molar-refractivity contribution < 1.29 is 4.79 Å². The first-order valence-corrected chi connectivity index (χ1v) is 8.51. The average Bonchev–Trinajstić information content (AvgIpc) is 3.04. The Balaban J connectivity index is 1.78. The summed E-state index contributed by atoms with van der Waals surface area (Å²) in [6.45, 7) is 6.11. The van der Waals surface area contributed by atoms with Gasteiger partial charge in [-0.3, -0.25) is 9.59 Å². The number of hydrogen-bond acceptors (Lipinski definition) is 4. The van der Waals surface area contributed by atoms with Crippen LogP contribution in [0.25, 0.3) is 5.82 Å². The summed E-state index contributed by atoms with van der Waals surface area (Å²) in [5.41, 5.74) is 2.77. The maximum atomic E-state index is 12.6. The first-order valence-electron chi connectivity index (χ1n) is 8.51. The maximum Gasteiger partial charge on any atom is 0.264 e. The minimum Gasteiger partial charge on any atom is -0.322 e. The van der Waals surface area contributed by atoms with Crippen molar-refractivity contribution in [2.24, 2.45) is 0 Å². The molecule has 0 saturated carbocycles. The third-order valence-corrected chi connectivity index (χ3v) is 4.49. The summed E-state index contributed by atoms with van der Waals surface area (Å²) in [6, 6.07) is 10.8. The highest BCUT2D eigenvalue weighted by atomic mass is 16.1. The van der Waals surface area contributed by atoms with Crippen molar-refractivity contribution in [2.45, 2.75) is 33.1 Å². The standard InChI is InChI=1S/C19H21N5O2/c1-4-12(2)14-5-7-15(8-6-14)21-19(26)16-11-20-24(13(16)3)17-9-10-18(25)23-22-17/h5-12H,4H2,1-3H3,(H,21,26)(H,23,25). The van der Waals surface area contributed by atoms with E-state index < -0.39 is 0 Å². The van der Waals surface area contributed by atoms with Crippen molar-refractivity contribution in [3.05, 3.63) is 69.8 Å². The molecule has 0 spiro atoms. The molecule has 26 heavy (non-hydrogen) atoms. The van der Waals surface area contributed by atoms with Gasteiger partial charge in [-0.2, -0.15) is 10.2 Å². The number of aromatic amines is 1. The first-order chi connectivity index (χ1) is 12.5. The summed E-state index contributed by atoms with van der Waals surface area (Å²) in [7, 11) is 0. The Hall–Kier alpha value is -3.22. The Morgan fingerprint density at radius 1 is 1.23 bits per heavy atom. The molecule has 0 saturated heterocycles. The highest BCUT2D eigenvalue weighted by molar-refractivity contribution is 6.04. The quantitative estimate of drug-likeness (QED) is 0.739. The van der Waals surface area contributed by atoms with Gasteiger partial charge < -0.3 is 5.32 Å². The fraction of sp³-hybridized carbons (Fsp3) is 0.263. The molecule has 2 N–H and O–H groups in total. The lowest BCUT2D eigenvalue weighted by Gasteiger charge is -2.10. The van der Waals surface area contributed by atoms with E-state index in [0.717, 1.165) is 12.1 Å². The van der Waals surface area contributed by atoms with E-state index in [1.165, 1.54) is 22.5 Å². The number of nitrogens with one attached hydrogen (secondary N) is 2. The Bertz CT molecular complexity index is 952. The highest BCUT2D eigenvalue weighted by Gasteiger charge is 2.16. The summed E-state index contributed by atoms with van der Waals surface area (Å²) < 4.78 is 1.51. The molecule has 1 atom stereocenters. The van der Waals surface area contributed by atoms with Gasteiger partial charge in [0.1, 0.15) is 0 Å². The van der Waals surface area contributed by atoms with Crippen molar-refractivity contribution in [3.8, 4) is 5.82 Å². The number of nitrogens with zero attached hydrogens (tertiary/aromatic N) is 3. The van der Waals surface area contributed by atoms with Crippen molar-refractivity contribution in [1.29, 1.82) is 0 Å². The lowest BCUT2D eigenvalue weighted by atomic mass is 9.98. The maximum absolute atomic E-state index is 12.6. The third-order valence-electron chi connectivity index (χ3n) is 4.49. The molecule has 0 aliphatic rings. The molecule has 0 aliphatic heterocycles. The zero-order valence-electron chi connectivity index (χ0n) is 15.0. The molecule has 0 radical (unpaired) electrons. The van der Waals surface area contributed by atoms with Crippen molar-refractivity contribution in [2.75, 3.05) is 5.32 Å². The summed E-state index contributed by atoms with van der Waals surface area (Å²) in [5.74, 6) is 0.693. The van der Waals surface area contributed by atoms with Gasteiger partial charge >= 0.3 is 0 Å². The van der Waals surface area contributed by atoms with Crippen LogP contribution in [0.3, 0.4) is 0 Å². The summed E-state index contributed by atoms with van der Waals surface area (Å²) >= 11 is 0. The van der Waals surface area contributed by atoms with Crippen LogP contribution in [-0.4, -0.2) is 25.9 Å². The molecule has 3 aromatic rings. The number of carbonyl (C=O) groups is 1. The van der Waals surface area contributed by atoms with E-state index >= 15 is 0 Å². The van der Waals surface area contributed by atoms with Crippen LogP contribution in [0.1, 0.15) is 47.8 Å². The number of benzene rings is 1. The molecule has 1 aromatic carbocycles.